The number of hydrogen-bond acceptors (Lipinski definition) is 2. The van der Waals surface area contributed by atoms with E-state index in [0.717, 1.165) is 19.6 Å². The van der Waals surface area contributed by atoms with Crippen LogP contribution in [0.5, 0.6) is 0 Å². The zero-order valence-electron chi connectivity index (χ0n) is 20.0. The lowest BCUT2D eigenvalue weighted by Crippen LogP contribution is -2.51. The van der Waals surface area contributed by atoms with Crippen LogP contribution in [0.1, 0.15) is 88.8 Å². The molecule has 3 heteroatoms. The van der Waals surface area contributed by atoms with Gasteiger partial charge in [0.15, 0.2) is 0 Å². The Hall–Kier alpha value is -0.130. The highest BCUT2D eigenvalue weighted by molar-refractivity contribution is 14.1. The molecule has 0 radical (unpaired) electrons. The van der Waals surface area contributed by atoms with Crippen LogP contribution in [0.3, 0.4) is 0 Å². The maximum Gasteiger partial charge on any atom is 0.0462 e. The van der Waals surface area contributed by atoms with Crippen molar-refractivity contribution in [1.29, 1.82) is 0 Å². The summed E-state index contributed by atoms with van der Waals surface area (Å²) in [6.07, 6.45) is 10.4. The Bertz CT molecular complexity index is 562. The Morgan fingerprint density at radius 1 is 1.07 bits per heavy atom. The van der Waals surface area contributed by atoms with Crippen LogP contribution in [0.2, 0.25) is 0 Å². The van der Waals surface area contributed by atoms with Crippen molar-refractivity contribution in [2.45, 2.75) is 98.1 Å². The van der Waals surface area contributed by atoms with Crippen LogP contribution in [-0.2, 0) is 11.3 Å². The Morgan fingerprint density at radius 3 is 2.41 bits per heavy atom. The molecule has 0 aliphatic heterocycles. The number of rotatable bonds is 16. The van der Waals surface area contributed by atoms with Gasteiger partial charge in [-0.3, -0.25) is 4.90 Å². The van der Waals surface area contributed by atoms with Gasteiger partial charge in [0.25, 0.3) is 0 Å². The van der Waals surface area contributed by atoms with Gasteiger partial charge in [0, 0.05) is 30.2 Å². The molecule has 1 aromatic rings. The van der Waals surface area contributed by atoms with Gasteiger partial charge in [-0.25, -0.2) is 0 Å². The van der Waals surface area contributed by atoms with Gasteiger partial charge in [-0.1, -0.05) is 85.9 Å². The number of alkyl halides is 1. The fraction of sp³-hybridized carbons (Fsp3) is 0.769. The quantitative estimate of drug-likeness (QED) is 0.127. The van der Waals surface area contributed by atoms with E-state index in [9.17, 15) is 0 Å². The number of halogens is 1. The summed E-state index contributed by atoms with van der Waals surface area (Å²) < 4.78 is 6.52. The lowest BCUT2D eigenvalue weighted by molar-refractivity contribution is 0.0406. The molecule has 0 bridgehead atoms. The first-order valence-electron chi connectivity index (χ1n) is 11.7. The lowest BCUT2D eigenvalue weighted by atomic mass is 9.81. The second-order valence-electron chi connectivity index (χ2n) is 9.13. The maximum absolute atomic E-state index is 5.31. The Labute approximate surface area is 195 Å². The minimum atomic E-state index is 0.233. The molecule has 1 rings (SSSR count). The SMILES string of the molecule is CCCCCCCN(Cc1ccc(C)cc1C)C(C)(CCCCOC)C(C)CI. The molecule has 0 heterocycles. The maximum atomic E-state index is 5.31. The molecule has 0 saturated heterocycles. The van der Waals surface area contributed by atoms with E-state index in [0.29, 0.717) is 5.92 Å². The summed E-state index contributed by atoms with van der Waals surface area (Å²) in [5.41, 5.74) is 4.52. The number of nitrogens with zero attached hydrogens (tertiary/aromatic N) is 1. The van der Waals surface area contributed by atoms with E-state index in [1.807, 2.05) is 7.11 Å². The van der Waals surface area contributed by atoms with Crippen molar-refractivity contribution in [1.82, 2.24) is 4.90 Å². The molecule has 0 saturated carbocycles. The van der Waals surface area contributed by atoms with Crippen molar-refractivity contribution in [3.8, 4) is 0 Å². The molecule has 2 nitrogen and oxygen atoms in total. The summed E-state index contributed by atoms with van der Waals surface area (Å²) in [6.45, 7) is 14.9. The highest BCUT2D eigenvalue weighted by atomic mass is 127. The molecular weight excluding hydrogens is 469 g/mol. The van der Waals surface area contributed by atoms with Crippen molar-refractivity contribution in [3.05, 3.63) is 34.9 Å². The summed E-state index contributed by atoms with van der Waals surface area (Å²) in [4.78, 5) is 2.83. The number of ether oxygens (including phenoxy) is 1. The Kier molecular flexibility index (Phi) is 13.7. The Balaban J connectivity index is 3.00. The first-order chi connectivity index (χ1) is 13.9. The van der Waals surface area contributed by atoms with E-state index in [-0.39, 0.29) is 5.54 Å². The van der Waals surface area contributed by atoms with Crippen LogP contribution in [0.4, 0.5) is 0 Å². The molecule has 0 spiro atoms. The van der Waals surface area contributed by atoms with Crippen LogP contribution in [0, 0.1) is 19.8 Å². The molecule has 0 aliphatic rings. The predicted octanol–water partition coefficient (Wildman–Crippen LogP) is 7.72. The molecular formula is C26H46INO. The van der Waals surface area contributed by atoms with E-state index in [1.165, 1.54) is 72.6 Å². The van der Waals surface area contributed by atoms with Gasteiger partial charge in [0.1, 0.15) is 0 Å². The number of aryl methyl sites for hydroxylation is 2. The molecule has 2 atom stereocenters. The number of methoxy groups -OCH3 is 1. The minimum absolute atomic E-state index is 0.233. The molecule has 0 N–H and O–H groups in total. The zero-order chi connectivity index (χ0) is 21.7. The van der Waals surface area contributed by atoms with E-state index < -0.39 is 0 Å². The van der Waals surface area contributed by atoms with Gasteiger partial charge in [-0.2, -0.15) is 0 Å². The second-order valence-corrected chi connectivity index (χ2v) is 10.0. The average molecular weight is 516 g/mol. The summed E-state index contributed by atoms with van der Waals surface area (Å²) in [5, 5.41) is 0. The van der Waals surface area contributed by atoms with Gasteiger partial charge in [0.2, 0.25) is 0 Å². The first kappa shape index (κ1) is 26.9. The summed E-state index contributed by atoms with van der Waals surface area (Å²) in [6, 6.07) is 6.97. The lowest BCUT2D eigenvalue weighted by Gasteiger charge is -2.46. The fourth-order valence-electron chi connectivity index (χ4n) is 4.26. The molecule has 29 heavy (non-hydrogen) atoms. The highest BCUT2D eigenvalue weighted by Gasteiger charge is 2.36. The van der Waals surface area contributed by atoms with Gasteiger partial charge in [0.05, 0.1) is 0 Å². The molecule has 0 fully saturated rings. The monoisotopic (exact) mass is 515 g/mol. The third kappa shape index (κ3) is 9.26. The molecule has 0 aliphatic carbocycles. The summed E-state index contributed by atoms with van der Waals surface area (Å²) in [5.74, 6) is 0.673. The molecule has 2 unspecified atom stereocenters. The van der Waals surface area contributed by atoms with Gasteiger partial charge < -0.3 is 4.74 Å². The molecule has 168 valence electrons. The van der Waals surface area contributed by atoms with E-state index in [2.05, 4.69) is 80.3 Å². The van der Waals surface area contributed by atoms with Crippen LogP contribution >= 0.6 is 22.6 Å². The van der Waals surface area contributed by atoms with Crippen molar-refractivity contribution < 1.29 is 4.74 Å². The number of benzene rings is 1. The first-order valence-corrected chi connectivity index (χ1v) is 13.3. The molecule has 0 aromatic heterocycles. The van der Waals surface area contributed by atoms with Crippen molar-refractivity contribution in [2.24, 2.45) is 5.92 Å². The number of hydrogen-bond donors (Lipinski definition) is 0. The third-order valence-electron chi connectivity index (χ3n) is 6.69. The Morgan fingerprint density at radius 2 is 1.79 bits per heavy atom. The van der Waals surface area contributed by atoms with E-state index in [4.69, 9.17) is 4.74 Å². The van der Waals surface area contributed by atoms with Crippen LogP contribution in [0.15, 0.2) is 18.2 Å². The largest absolute Gasteiger partial charge is 0.385 e. The normalized spacial score (nSPS) is 14.9. The summed E-state index contributed by atoms with van der Waals surface area (Å²) in [7, 11) is 1.81. The van der Waals surface area contributed by atoms with Crippen molar-refractivity contribution in [3.63, 3.8) is 0 Å². The summed E-state index contributed by atoms with van der Waals surface area (Å²) >= 11 is 2.59. The van der Waals surface area contributed by atoms with Crippen LogP contribution in [-0.4, -0.2) is 35.1 Å². The zero-order valence-corrected chi connectivity index (χ0v) is 22.2. The average Bonchev–Trinajstić information content (AvgIpc) is 2.70. The van der Waals surface area contributed by atoms with Crippen LogP contribution < -0.4 is 0 Å². The third-order valence-corrected chi connectivity index (χ3v) is 8.01. The smallest absolute Gasteiger partial charge is 0.0462 e. The highest BCUT2D eigenvalue weighted by Crippen LogP contribution is 2.34. The van der Waals surface area contributed by atoms with Gasteiger partial charge >= 0.3 is 0 Å². The second kappa shape index (κ2) is 14.8. The van der Waals surface area contributed by atoms with Gasteiger partial charge in [-0.05, 0) is 70.0 Å². The van der Waals surface area contributed by atoms with Gasteiger partial charge in [-0.15, -0.1) is 0 Å². The van der Waals surface area contributed by atoms with Crippen molar-refractivity contribution >= 4 is 22.6 Å². The predicted molar refractivity (Wildman–Crippen MR) is 137 cm³/mol. The minimum Gasteiger partial charge on any atom is -0.385 e. The number of unbranched alkanes of at least 4 members (excludes halogenated alkanes) is 5. The standard InChI is InChI=1S/C26H46INO/c1-7-8-9-10-12-17-28(21-25-15-14-22(2)19-23(25)3)26(5,24(4)20-27)16-11-13-18-29-6/h14-15,19,24H,7-13,16-18,20-21H2,1-6H3. The molecule has 1 aromatic carbocycles. The van der Waals surface area contributed by atoms with E-state index in [1.54, 1.807) is 0 Å². The van der Waals surface area contributed by atoms with Crippen molar-refractivity contribution in [2.75, 3.05) is 24.7 Å². The topological polar surface area (TPSA) is 12.5 Å². The fourth-order valence-corrected chi connectivity index (χ4v) is 5.21. The van der Waals surface area contributed by atoms with E-state index >= 15 is 0 Å². The molecule has 0 amide bonds. The van der Waals surface area contributed by atoms with Crippen LogP contribution in [0.25, 0.3) is 0 Å².